The summed E-state index contributed by atoms with van der Waals surface area (Å²) in [6, 6.07) is 17.2. The summed E-state index contributed by atoms with van der Waals surface area (Å²) >= 11 is 0. The van der Waals surface area contributed by atoms with Crippen molar-refractivity contribution in [1.29, 1.82) is 0 Å². The highest BCUT2D eigenvalue weighted by molar-refractivity contribution is 5.99. The number of methoxy groups -OCH3 is 4. The van der Waals surface area contributed by atoms with Crippen LogP contribution in [0.3, 0.4) is 0 Å². The molecule has 0 amide bonds. The Hall–Kier alpha value is -3.68. The third-order valence-corrected chi connectivity index (χ3v) is 5.29. The van der Waals surface area contributed by atoms with Gasteiger partial charge in [0.25, 0.3) is 0 Å². The smallest absolute Gasteiger partial charge is 0.320 e. The normalized spacial score (nSPS) is 12.6. The van der Waals surface area contributed by atoms with Crippen molar-refractivity contribution in [2.24, 2.45) is 11.8 Å². The van der Waals surface area contributed by atoms with Crippen molar-refractivity contribution in [2.75, 3.05) is 28.4 Å². The molecule has 0 unspecified atom stereocenters. The number of carbonyl (C=O) groups excluding carboxylic acids is 4. The van der Waals surface area contributed by atoms with E-state index in [4.69, 9.17) is 18.9 Å². The van der Waals surface area contributed by atoms with Gasteiger partial charge in [-0.25, -0.2) is 0 Å². The summed E-state index contributed by atoms with van der Waals surface area (Å²) in [5.74, 6) is -8.40. The largest absolute Gasteiger partial charge is 0.468 e. The van der Waals surface area contributed by atoms with Crippen molar-refractivity contribution < 1.29 is 38.1 Å². The van der Waals surface area contributed by atoms with Crippen LogP contribution in [-0.2, 0) is 38.1 Å². The molecule has 0 heterocycles. The molecule has 0 aliphatic rings. The molecular formula is C24H26O8. The summed E-state index contributed by atoms with van der Waals surface area (Å²) in [5.41, 5.74) is 1.06. The third kappa shape index (κ3) is 5.32. The predicted octanol–water partition coefficient (Wildman–Crippen LogP) is 2.48. The minimum atomic E-state index is -1.46. The van der Waals surface area contributed by atoms with Gasteiger partial charge in [0.2, 0.25) is 0 Å². The van der Waals surface area contributed by atoms with Crippen molar-refractivity contribution in [1.82, 2.24) is 0 Å². The van der Waals surface area contributed by atoms with Crippen molar-refractivity contribution >= 4 is 23.9 Å². The number of rotatable bonds is 9. The maximum Gasteiger partial charge on any atom is 0.320 e. The van der Waals surface area contributed by atoms with Crippen molar-refractivity contribution in [3.63, 3.8) is 0 Å². The van der Waals surface area contributed by atoms with Gasteiger partial charge in [0.1, 0.15) is 0 Å². The summed E-state index contributed by atoms with van der Waals surface area (Å²) in [6.07, 6.45) is 0. The molecule has 0 fully saturated rings. The zero-order valence-corrected chi connectivity index (χ0v) is 18.3. The van der Waals surface area contributed by atoms with Gasteiger partial charge in [0.05, 0.1) is 28.4 Å². The number of benzene rings is 2. The molecule has 2 rings (SSSR count). The van der Waals surface area contributed by atoms with E-state index in [0.29, 0.717) is 11.1 Å². The lowest BCUT2D eigenvalue weighted by Crippen LogP contribution is -2.41. The molecule has 0 aromatic heterocycles. The lowest BCUT2D eigenvalue weighted by atomic mass is 9.68. The van der Waals surface area contributed by atoms with Crippen LogP contribution in [-0.4, -0.2) is 52.3 Å². The molecule has 2 aromatic carbocycles. The zero-order valence-electron chi connectivity index (χ0n) is 18.3. The first-order valence-electron chi connectivity index (χ1n) is 9.82. The number of esters is 4. The van der Waals surface area contributed by atoms with E-state index in [1.165, 1.54) is 0 Å². The first kappa shape index (κ1) is 24.6. The fraction of sp³-hybridized carbons (Fsp3) is 0.333. The van der Waals surface area contributed by atoms with E-state index in [-0.39, 0.29) is 0 Å². The summed E-state index contributed by atoms with van der Waals surface area (Å²) in [5, 5.41) is 0. The van der Waals surface area contributed by atoms with Crippen LogP contribution in [0.4, 0.5) is 0 Å². The number of ether oxygens (including phenoxy) is 4. The van der Waals surface area contributed by atoms with Gasteiger partial charge < -0.3 is 18.9 Å². The number of carbonyl (C=O) groups is 4. The number of hydrogen-bond donors (Lipinski definition) is 0. The quantitative estimate of drug-likeness (QED) is 0.331. The molecule has 0 radical (unpaired) electrons. The van der Waals surface area contributed by atoms with E-state index in [9.17, 15) is 19.2 Å². The van der Waals surface area contributed by atoms with Gasteiger partial charge in [0, 0.05) is 11.8 Å². The first-order valence-corrected chi connectivity index (χ1v) is 9.82. The first-order chi connectivity index (χ1) is 15.4. The second kappa shape index (κ2) is 11.6. The molecule has 0 saturated heterocycles. The molecule has 2 atom stereocenters. The lowest BCUT2D eigenvalue weighted by Gasteiger charge is -2.34. The van der Waals surface area contributed by atoms with Gasteiger partial charge >= 0.3 is 23.9 Å². The molecule has 170 valence electrons. The maximum absolute atomic E-state index is 12.8. The second-order valence-electron chi connectivity index (χ2n) is 6.92. The third-order valence-electron chi connectivity index (χ3n) is 5.29. The van der Waals surface area contributed by atoms with Crippen LogP contribution < -0.4 is 0 Å². The van der Waals surface area contributed by atoms with E-state index < -0.39 is 47.5 Å². The molecule has 0 aliphatic carbocycles. The van der Waals surface area contributed by atoms with E-state index in [1.807, 2.05) is 0 Å². The van der Waals surface area contributed by atoms with Crippen LogP contribution in [0.5, 0.6) is 0 Å². The molecule has 0 N–H and O–H groups in total. The summed E-state index contributed by atoms with van der Waals surface area (Å²) < 4.78 is 19.6. The minimum absolute atomic E-state index is 0.528. The Balaban J connectivity index is 2.88. The molecule has 8 heteroatoms. The Morgan fingerprint density at radius 3 is 0.969 bits per heavy atom. The topological polar surface area (TPSA) is 105 Å². The summed E-state index contributed by atoms with van der Waals surface area (Å²) in [6.45, 7) is 0. The molecule has 0 saturated carbocycles. The van der Waals surface area contributed by atoms with Gasteiger partial charge in [0.15, 0.2) is 11.8 Å². The molecular weight excluding hydrogens is 416 g/mol. The maximum atomic E-state index is 12.8. The highest BCUT2D eigenvalue weighted by Crippen LogP contribution is 2.45. The molecule has 0 aliphatic heterocycles. The fourth-order valence-electron chi connectivity index (χ4n) is 3.85. The van der Waals surface area contributed by atoms with Crippen LogP contribution in [0.2, 0.25) is 0 Å². The van der Waals surface area contributed by atoms with Crippen LogP contribution in [0.1, 0.15) is 23.0 Å². The Labute approximate surface area is 186 Å². The number of hydrogen-bond acceptors (Lipinski definition) is 8. The van der Waals surface area contributed by atoms with Crippen LogP contribution in [0, 0.1) is 11.8 Å². The SMILES string of the molecule is COC(=O)C(C(=O)OC)[C@@H](c1ccccc1)[C@H](c1ccccc1)C(C(=O)OC)C(=O)OC. The van der Waals surface area contributed by atoms with Crippen molar-refractivity contribution in [2.45, 2.75) is 11.8 Å². The Kier molecular flexibility index (Phi) is 8.95. The molecule has 8 nitrogen and oxygen atoms in total. The lowest BCUT2D eigenvalue weighted by molar-refractivity contribution is -0.166. The van der Waals surface area contributed by atoms with Gasteiger partial charge in [-0.3, -0.25) is 19.2 Å². The van der Waals surface area contributed by atoms with Gasteiger partial charge in [-0.15, -0.1) is 0 Å². The monoisotopic (exact) mass is 442 g/mol. The molecule has 2 aromatic rings. The summed E-state index contributed by atoms with van der Waals surface area (Å²) in [7, 11) is 4.60. The highest BCUT2D eigenvalue weighted by atomic mass is 16.6. The van der Waals surface area contributed by atoms with Crippen molar-refractivity contribution in [3.8, 4) is 0 Å². The zero-order chi connectivity index (χ0) is 23.7. The average Bonchev–Trinajstić information content (AvgIpc) is 2.85. The van der Waals surface area contributed by atoms with Crippen LogP contribution in [0.15, 0.2) is 60.7 Å². The Morgan fingerprint density at radius 1 is 0.500 bits per heavy atom. The molecule has 0 spiro atoms. The van der Waals surface area contributed by atoms with Crippen LogP contribution >= 0.6 is 0 Å². The fourth-order valence-corrected chi connectivity index (χ4v) is 3.85. The molecule has 0 bridgehead atoms. The van der Waals surface area contributed by atoms with E-state index in [2.05, 4.69) is 0 Å². The van der Waals surface area contributed by atoms with E-state index in [1.54, 1.807) is 60.7 Å². The minimum Gasteiger partial charge on any atom is -0.468 e. The van der Waals surface area contributed by atoms with Gasteiger partial charge in [-0.2, -0.15) is 0 Å². The van der Waals surface area contributed by atoms with Crippen molar-refractivity contribution in [3.05, 3.63) is 71.8 Å². The Bertz CT molecular complexity index is 816. The second-order valence-corrected chi connectivity index (χ2v) is 6.92. The van der Waals surface area contributed by atoms with Crippen LogP contribution in [0.25, 0.3) is 0 Å². The highest BCUT2D eigenvalue weighted by Gasteiger charge is 2.50. The predicted molar refractivity (Wildman–Crippen MR) is 113 cm³/mol. The Morgan fingerprint density at radius 2 is 0.750 bits per heavy atom. The average molecular weight is 442 g/mol. The van der Waals surface area contributed by atoms with E-state index >= 15 is 0 Å². The summed E-state index contributed by atoms with van der Waals surface area (Å²) in [4.78, 5) is 51.2. The molecule has 32 heavy (non-hydrogen) atoms. The van der Waals surface area contributed by atoms with Gasteiger partial charge in [-0.1, -0.05) is 60.7 Å². The van der Waals surface area contributed by atoms with Gasteiger partial charge in [-0.05, 0) is 11.1 Å². The standard InChI is InChI=1S/C24H26O8/c1-29-21(25)19(22(26)30-2)17(15-11-7-5-8-12-15)18(16-13-9-6-10-14-16)20(23(27)31-3)24(28)32-4/h5-14,17-20H,1-4H3/t17-,18-/m0/s1. The van der Waals surface area contributed by atoms with E-state index in [0.717, 1.165) is 28.4 Å².